The fourth-order valence-electron chi connectivity index (χ4n) is 1.13. The molecule has 0 N–H and O–H groups in total. The molecule has 1 aromatic heterocycles. The second-order valence-corrected chi connectivity index (χ2v) is 2.57. The Morgan fingerprint density at radius 1 is 1.15 bits per heavy atom. The summed E-state index contributed by atoms with van der Waals surface area (Å²) in [5.74, 6) is -0.516. The van der Waals surface area contributed by atoms with Gasteiger partial charge in [-0.2, -0.15) is 4.39 Å². The second-order valence-electron chi connectivity index (χ2n) is 2.57. The van der Waals surface area contributed by atoms with Gasteiger partial charge in [-0.1, -0.05) is 0 Å². The highest BCUT2D eigenvalue weighted by Crippen LogP contribution is 2.12. The highest BCUT2D eigenvalue weighted by Gasteiger charge is 2.03. The van der Waals surface area contributed by atoms with E-state index < -0.39 is 17.5 Å². The van der Waals surface area contributed by atoms with E-state index in [4.69, 9.17) is 0 Å². The van der Waals surface area contributed by atoms with Crippen LogP contribution in [-0.2, 0) is 0 Å². The molecule has 2 aromatic rings. The van der Waals surface area contributed by atoms with Crippen LogP contribution in [0.15, 0.2) is 33.5 Å². The SMILES string of the molecule is O=c1oc(F)cc2cc(F)ccc12. The molecule has 0 fully saturated rings. The summed E-state index contributed by atoms with van der Waals surface area (Å²) < 4.78 is 29.4. The van der Waals surface area contributed by atoms with Crippen molar-refractivity contribution in [2.75, 3.05) is 0 Å². The minimum absolute atomic E-state index is 0.169. The molecule has 0 amide bonds. The maximum Gasteiger partial charge on any atom is 0.346 e. The van der Waals surface area contributed by atoms with E-state index in [0.29, 0.717) is 0 Å². The summed E-state index contributed by atoms with van der Waals surface area (Å²) in [7, 11) is 0. The Balaban J connectivity index is 2.95. The lowest BCUT2D eigenvalue weighted by molar-refractivity contribution is 0.330. The van der Waals surface area contributed by atoms with Crippen LogP contribution in [0.4, 0.5) is 8.78 Å². The summed E-state index contributed by atoms with van der Waals surface area (Å²) in [6.07, 6.45) is 0. The van der Waals surface area contributed by atoms with Crippen LogP contribution >= 0.6 is 0 Å². The van der Waals surface area contributed by atoms with E-state index in [1.807, 2.05) is 0 Å². The van der Waals surface area contributed by atoms with Gasteiger partial charge in [-0.25, -0.2) is 9.18 Å². The predicted octanol–water partition coefficient (Wildman–Crippen LogP) is 2.07. The molecule has 0 aliphatic heterocycles. The first-order chi connectivity index (χ1) is 6.16. The molecule has 0 radical (unpaired) electrons. The summed E-state index contributed by atoms with van der Waals surface area (Å²) in [6.45, 7) is 0. The van der Waals surface area contributed by atoms with Crippen LogP contribution in [0, 0.1) is 11.8 Å². The Labute approximate surface area is 71.4 Å². The molecule has 0 saturated carbocycles. The van der Waals surface area contributed by atoms with Gasteiger partial charge in [0.15, 0.2) is 0 Å². The highest BCUT2D eigenvalue weighted by atomic mass is 19.1. The molecule has 0 aliphatic carbocycles. The van der Waals surface area contributed by atoms with E-state index in [1.54, 1.807) is 0 Å². The third-order valence-corrected chi connectivity index (χ3v) is 1.69. The van der Waals surface area contributed by atoms with E-state index in [2.05, 4.69) is 4.42 Å². The number of fused-ring (bicyclic) bond motifs is 1. The topological polar surface area (TPSA) is 30.2 Å². The first kappa shape index (κ1) is 7.91. The van der Waals surface area contributed by atoms with Crippen molar-refractivity contribution in [3.63, 3.8) is 0 Å². The maximum atomic E-state index is 12.6. The Bertz CT molecular complexity index is 511. The number of halogens is 2. The van der Waals surface area contributed by atoms with E-state index in [1.165, 1.54) is 6.07 Å². The van der Waals surface area contributed by atoms with Gasteiger partial charge < -0.3 is 4.42 Å². The molecule has 0 atom stereocenters. The zero-order valence-corrected chi connectivity index (χ0v) is 6.38. The maximum absolute atomic E-state index is 12.6. The molecule has 1 aromatic carbocycles. The zero-order valence-electron chi connectivity index (χ0n) is 6.38. The van der Waals surface area contributed by atoms with Crippen LogP contribution in [0.2, 0.25) is 0 Å². The number of benzene rings is 1. The van der Waals surface area contributed by atoms with Crippen molar-refractivity contribution in [1.29, 1.82) is 0 Å². The minimum atomic E-state index is -1.01. The van der Waals surface area contributed by atoms with Crippen molar-refractivity contribution in [3.05, 3.63) is 46.5 Å². The lowest BCUT2D eigenvalue weighted by atomic mass is 10.2. The van der Waals surface area contributed by atoms with Crippen LogP contribution in [-0.4, -0.2) is 0 Å². The van der Waals surface area contributed by atoms with Crippen LogP contribution in [0.1, 0.15) is 0 Å². The molecule has 0 saturated heterocycles. The quantitative estimate of drug-likeness (QED) is 0.624. The average molecular weight is 182 g/mol. The Hall–Kier alpha value is -1.71. The highest BCUT2D eigenvalue weighted by molar-refractivity contribution is 5.80. The summed E-state index contributed by atoms with van der Waals surface area (Å²) >= 11 is 0. The van der Waals surface area contributed by atoms with Crippen LogP contribution in [0.25, 0.3) is 10.8 Å². The standard InChI is InChI=1S/C9H4F2O2/c10-6-1-2-7-5(3-6)4-8(11)13-9(7)12/h1-4H. The fourth-order valence-corrected chi connectivity index (χ4v) is 1.13. The molecule has 4 heteroatoms. The summed E-state index contributed by atoms with van der Waals surface area (Å²) in [6, 6.07) is 3.42. The van der Waals surface area contributed by atoms with Gasteiger partial charge in [0.2, 0.25) is 0 Å². The molecule has 0 bridgehead atoms. The summed E-state index contributed by atoms with van der Waals surface area (Å²) in [5, 5.41) is 0.372. The van der Waals surface area contributed by atoms with Crippen molar-refractivity contribution in [2.24, 2.45) is 0 Å². The van der Waals surface area contributed by atoms with Crippen molar-refractivity contribution in [3.8, 4) is 0 Å². The van der Waals surface area contributed by atoms with E-state index in [-0.39, 0.29) is 10.8 Å². The first-order valence-corrected chi connectivity index (χ1v) is 3.56. The largest absolute Gasteiger partial charge is 0.395 e. The lowest BCUT2D eigenvalue weighted by Gasteiger charge is -1.95. The average Bonchev–Trinajstić information content (AvgIpc) is 2.02. The number of hydrogen-bond acceptors (Lipinski definition) is 2. The van der Waals surface area contributed by atoms with Crippen molar-refractivity contribution >= 4 is 10.8 Å². The summed E-state index contributed by atoms with van der Waals surface area (Å²) in [5.41, 5.74) is -0.796. The molecule has 13 heavy (non-hydrogen) atoms. The normalized spacial score (nSPS) is 10.6. The van der Waals surface area contributed by atoms with Gasteiger partial charge in [0.1, 0.15) is 5.82 Å². The molecule has 0 aliphatic rings. The Morgan fingerprint density at radius 2 is 1.92 bits per heavy atom. The van der Waals surface area contributed by atoms with Crippen LogP contribution < -0.4 is 5.63 Å². The number of hydrogen-bond donors (Lipinski definition) is 0. The fraction of sp³-hybridized carbons (Fsp3) is 0. The van der Waals surface area contributed by atoms with Gasteiger partial charge in [-0.15, -0.1) is 0 Å². The van der Waals surface area contributed by atoms with Crippen molar-refractivity contribution < 1.29 is 13.2 Å². The van der Waals surface area contributed by atoms with Gasteiger partial charge >= 0.3 is 5.63 Å². The third-order valence-electron chi connectivity index (χ3n) is 1.69. The van der Waals surface area contributed by atoms with E-state index in [0.717, 1.165) is 18.2 Å². The molecule has 66 valence electrons. The van der Waals surface area contributed by atoms with Gasteiger partial charge in [0.05, 0.1) is 5.39 Å². The smallest absolute Gasteiger partial charge is 0.346 e. The first-order valence-electron chi connectivity index (χ1n) is 3.56. The zero-order chi connectivity index (χ0) is 9.42. The van der Waals surface area contributed by atoms with Gasteiger partial charge in [-0.05, 0) is 23.6 Å². The van der Waals surface area contributed by atoms with Crippen molar-refractivity contribution in [1.82, 2.24) is 0 Å². The van der Waals surface area contributed by atoms with Crippen molar-refractivity contribution in [2.45, 2.75) is 0 Å². The second kappa shape index (κ2) is 2.65. The molecule has 0 spiro atoms. The molecular formula is C9H4F2O2. The van der Waals surface area contributed by atoms with Crippen LogP contribution in [0.5, 0.6) is 0 Å². The number of rotatable bonds is 0. The summed E-state index contributed by atoms with van der Waals surface area (Å²) in [4.78, 5) is 11.0. The minimum Gasteiger partial charge on any atom is -0.395 e. The Kier molecular flexibility index (Phi) is 1.62. The molecule has 0 unspecified atom stereocenters. The van der Waals surface area contributed by atoms with E-state index in [9.17, 15) is 13.6 Å². The van der Waals surface area contributed by atoms with Gasteiger partial charge in [0.25, 0.3) is 6.01 Å². The lowest BCUT2D eigenvalue weighted by Crippen LogP contribution is -2.00. The predicted molar refractivity (Wildman–Crippen MR) is 42.4 cm³/mol. The molecule has 1 heterocycles. The molecular weight excluding hydrogens is 178 g/mol. The monoisotopic (exact) mass is 182 g/mol. The molecule has 2 nitrogen and oxygen atoms in total. The van der Waals surface area contributed by atoms with Gasteiger partial charge in [-0.3, -0.25) is 0 Å². The molecule has 2 rings (SSSR count). The van der Waals surface area contributed by atoms with Gasteiger partial charge in [0, 0.05) is 6.07 Å². The third kappa shape index (κ3) is 1.30. The Morgan fingerprint density at radius 3 is 2.69 bits per heavy atom. The van der Waals surface area contributed by atoms with E-state index >= 15 is 0 Å². The van der Waals surface area contributed by atoms with Crippen LogP contribution in [0.3, 0.4) is 0 Å².